The van der Waals surface area contributed by atoms with Crippen LogP contribution in [-0.4, -0.2) is 21.0 Å². The molecule has 0 N–H and O–H groups in total. The van der Waals surface area contributed by atoms with Crippen molar-refractivity contribution in [3.8, 4) is 11.3 Å². The molecule has 0 spiro atoms. The molecule has 0 bridgehead atoms. The average Bonchev–Trinajstić information content (AvgIpc) is 3.30. The monoisotopic (exact) mass is 382 g/mol. The number of aromatic nitrogens is 2. The van der Waals surface area contributed by atoms with Crippen LogP contribution in [0.4, 0.5) is 0 Å². The normalized spacial score (nSPS) is 11.1. The van der Waals surface area contributed by atoms with Gasteiger partial charge in [0.25, 0.3) is 5.78 Å². The summed E-state index contributed by atoms with van der Waals surface area (Å²) in [7, 11) is 0. The van der Waals surface area contributed by atoms with Crippen LogP contribution < -0.4 is 0 Å². The molecule has 0 aliphatic carbocycles. The maximum Gasteiger partial charge on any atom is 0.252 e. The van der Waals surface area contributed by atoms with Crippen LogP contribution in [0.5, 0.6) is 0 Å². The number of benzene rings is 3. The zero-order valence-electron chi connectivity index (χ0n) is 14.7. The number of thiazole rings is 1. The Labute approximate surface area is 164 Å². The van der Waals surface area contributed by atoms with Crippen LogP contribution in [0.1, 0.15) is 20.8 Å². The van der Waals surface area contributed by atoms with Crippen molar-refractivity contribution in [1.29, 1.82) is 0 Å². The molecule has 5 heteroatoms. The largest absolute Gasteiger partial charge is 0.285 e. The SMILES string of the molecule is O=C(C(=O)c1c(-c2ccccc2)nc2sc3ccccc3n12)c1ccccc1. The van der Waals surface area contributed by atoms with Crippen molar-refractivity contribution in [2.75, 3.05) is 0 Å². The van der Waals surface area contributed by atoms with Crippen molar-refractivity contribution in [3.63, 3.8) is 0 Å². The minimum Gasteiger partial charge on any atom is -0.285 e. The van der Waals surface area contributed by atoms with Crippen molar-refractivity contribution in [1.82, 2.24) is 9.38 Å². The molecule has 2 heterocycles. The fourth-order valence-electron chi connectivity index (χ4n) is 3.35. The summed E-state index contributed by atoms with van der Waals surface area (Å²) in [4.78, 5) is 31.7. The molecule has 2 aromatic heterocycles. The number of Topliss-reactive ketones (excluding diaryl/α,β-unsaturated/α-hetero) is 2. The van der Waals surface area contributed by atoms with E-state index in [9.17, 15) is 9.59 Å². The highest BCUT2D eigenvalue weighted by Crippen LogP contribution is 2.33. The van der Waals surface area contributed by atoms with Crippen LogP contribution in [0.15, 0.2) is 84.9 Å². The molecule has 0 aliphatic rings. The molecule has 134 valence electrons. The molecule has 4 nitrogen and oxygen atoms in total. The summed E-state index contributed by atoms with van der Waals surface area (Å²) < 4.78 is 2.83. The van der Waals surface area contributed by atoms with Crippen LogP contribution in [0, 0.1) is 0 Å². The van der Waals surface area contributed by atoms with Gasteiger partial charge < -0.3 is 0 Å². The molecule has 0 saturated heterocycles. The first kappa shape index (κ1) is 16.6. The molecule has 0 fully saturated rings. The van der Waals surface area contributed by atoms with E-state index in [0.717, 1.165) is 15.8 Å². The molecule has 0 unspecified atom stereocenters. The lowest BCUT2D eigenvalue weighted by Gasteiger charge is -2.05. The number of imidazole rings is 1. The third-order valence-corrected chi connectivity index (χ3v) is 5.68. The number of para-hydroxylation sites is 1. The molecule has 0 radical (unpaired) electrons. The Balaban J connectivity index is 1.79. The lowest BCUT2D eigenvalue weighted by molar-refractivity contribution is 0.0814. The number of hydrogen-bond donors (Lipinski definition) is 0. The van der Waals surface area contributed by atoms with Gasteiger partial charge >= 0.3 is 0 Å². The molecule has 28 heavy (non-hydrogen) atoms. The average molecular weight is 382 g/mol. The van der Waals surface area contributed by atoms with E-state index >= 15 is 0 Å². The maximum atomic E-state index is 13.4. The highest BCUT2D eigenvalue weighted by atomic mass is 32.1. The van der Waals surface area contributed by atoms with E-state index in [2.05, 4.69) is 0 Å². The minimum absolute atomic E-state index is 0.313. The van der Waals surface area contributed by atoms with Crippen LogP contribution >= 0.6 is 11.3 Å². The molecule has 3 aromatic carbocycles. The van der Waals surface area contributed by atoms with Crippen molar-refractivity contribution in [2.45, 2.75) is 0 Å². The quantitative estimate of drug-likeness (QED) is 0.314. The van der Waals surface area contributed by atoms with Gasteiger partial charge in [-0.1, -0.05) is 84.1 Å². The zero-order valence-corrected chi connectivity index (χ0v) is 15.5. The second kappa shape index (κ2) is 6.55. The summed E-state index contributed by atoms with van der Waals surface area (Å²) in [6, 6.07) is 26.0. The topological polar surface area (TPSA) is 51.4 Å². The van der Waals surface area contributed by atoms with E-state index in [1.807, 2.05) is 65.1 Å². The van der Waals surface area contributed by atoms with Gasteiger partial charge in [-0.15, -0.1) is 0 Å². The summed E-state index contributed by atoms with van der Waals surface area (Å²) in [5.74, 6) is -1.09. The highest BCUT2D eigenvalue weighted by molar-refractivity contribution is 7.23. The zero-order chi connectivity index (χ0) is 19.1. The second-order valence-electron chi connectivity index (χ2n) is 6.39. The van der Waals surface area contributed by atoms with E-state index in [1.165, 1.54) is 11.3 Å². The summed E-state index contributed by atoms with van der Waals surface area (Å²) in [6.45, 7) is 0. The first-order chi connectivity index (χ1) is 13.7. The Bertz CT molecular complexity index is 1330. The van der Waals surface area contributed by atoms with Crippen LogP contribution in [-0.2, 0) is 0 Å². The van der Waals surface area contributed by atoms with Crippen LogP contribution in [0.3, 0.4) is 0 Å². The van der Waals surface area contributed by atoms with Gasteiger partial charge in [-0.2, -0.15) is 0 Å². The summed E-state index contributed by atoms with van der Waals surface area (Å²) >= 11 is 1.50. The Morgan fingerprint density at radius 2 is 1.39 bits per heavy atom. The van der Waals surface area contributed by atoms with Gasteiger partial charge in [0.1, 0.15) is 11.4 Å². The van der Waals surface area contributed by atoms with Crippen molar-refractivity contribution < 1.29 is 9.59 Å². The standard InChI is InChI=1S/C23H14N2O2S/c26-21(16-11-5-2-6-12-16)22(27)20-19(15-9-3-1-4-10-15)24-23-25(20)17-13-7-8-14-18(17)28-23/h1-14H. The Morgan fingerprint density at radius 1 is 0.750 bits per heavy atom. The van der Waals surface area contributed by atoms with E-state index in [-0.39, 0.29) is 0 Å². The van der Waals surface area contributed by atoms with E-state index in [1.54, 1.807) is 24.3 Å². The van der Waals surface area contributed by atoms with Crippen LogP contribution in [0.25, 0.3) is 26.4 Å². The minimum atomic E-state index is -0.555. The molecule has 0 amide bonds. The van der Waals surface area contributed by atoms with Gasteiger partial charge in [-0.3, -0.25) is 14.0 Å². The van der Waals surface area contributed by atoms with E-state index in [0.29, 0.717) is 21.9 Å². The fourth-order valence-corrected chi connectivity index (χ4v) is 4.38. The lowest BCUT2D eigenvalue weighted by atomic mass is 10.0. The van der Waals surface area contributed by atoms with E-state index < -0.39 is 11.6 Å². The lowest BCUT2D eigenvalue weighted by Crippen LogP contribution is -2.17. The van der Waals surface area contributed by atoms with Crippen molar-refractivity contribution >= 4 is 38.1 Å². The smallest absolute Gasteiger partial charge is 0.252 e. The van der Waals surface area contributed by atoms with Gasteiger partial charge in [0.2, 0.25) is 5.78 Å². The third-order valence-electron chi connectivity index (χ3n) is 4.66. The number of rotatable bonds is 4. The number of carbonyl (C=O) groups excluding carboxylic acids is 2. The summed E-state index contributed by atoms with van der Waals surface area (Å²) in [5.41, 5.74) is 2.91. The molecule has 0 aliphatic heterocycles. The second-order valence-corrected chi connectivity index (χ2v) is 7.40. The number of nitrogens with zero attached hydrogens (tertiary/aromatic N) is 2. The molecule has 0 saturated carbocycles. The number of hydrogen-bond acceptors (Lipinski definition) is 4. The van der Waals surface area contributed by atoms with Crippen molar-refractivity contribution in [3.05, 3.63) is 96.2 Å². The molecule has 0 atom stereocenters. The highest BCUT2D eigenvalue weighted by Gasteiger charge is 2.28. The van der Waals surface area contributed by atoms with Gasteiger partial charge in [0.15, 0.2) is 4.96 Å². The number of ketones is 2. The molecular weight excluding hydrogens is 368 g/mol. The number of fused-ring (bicyclic) bond motifs is 3. The molecular formula is C23H14N2O2S. The Morgan fingerprint density at radius 3 is 2.14 bits per heavy atom. The molecule has 5 rings (SSSR count). The third kappa shape index (κ3) is 2.56. The summed E-state index contributed by atoms with van der Waals surface area (Å²) in [6.07, 6.45) is 0. The van der Waals surface area contributed by atoms with Gasteiger partial charge in [0, 0.05) is 11.1 Å². The van der Waals surface area contributed by atoms with Gasteiger partial charge in [0.05, 0.1) is 10.2 Å². The van der Waals surface area contributed by atoms with E-state index in [4.69, 9.17) is 4.98 Å². The summed E-state index contributed by atoms with van der Waals surface area (Å²) in [5, 5.41) is 0. The predicted molar refractivity (Wildman–Crippen MR) is 111 cm³/mol. The van der Waals surface area contributed by atoms with Gasteiger partial charge in [-0.25, -0.2) is 4.98 Å². The van der Waals surface area contributed by atoms with Crippen LogP contribution in [0.2, 0.25) is 0 Å². The Hall–Kier alpha value is -3.57. The first-order valence-electron chi connectivity index (χ1n) is 8.83. The molecule has 5 aromatic rings. The fraction of sp³-hybridized carbons (Fsp3) is 0. The predicted octanol–water partition coefficient (Wildman–Crippen LogP) is 5.28. The Kier molecular flexibility index (Phi) is 3.88. The first-order valence-corrected chi connectivity index (χ1v) is 9.65. The maximum absolute atomic E-state index is 13.4. The number of carbonyl (C=O) groups is 2. The van der Waals surface area contributed by atoms with Crippen molar-refractivity contribution in [2.24, 2.45) is 0 Å². The van der Waals surface area contributed by atoms with Gasteiger partial charge in [-0.05, 0) is 12.1 Å².